The van der Waals surface area contributed by atoms with E-state index in [4.69, 9.17) is 30.4 Å². The second kappa shape index (κ2) is 21.5. The summed E-state index contributed by atoms with van der Waals surface area (Å²) in [5, 5.41) is 10.9. The number of nitrogens with zero attached hydrogens (tertiary/aromatic N) is 3. The number of carbonyl (C=O) groups excluding carboxylic acids is 5. The number of carbonyl (C=O) groups is 5. The van der Waals surface area contributed by atoms with Gasteiger partial charge in [0.05, 0.1) is 43.7 Å². The summed E-state index contributed by atoms with van der Waals surface area (Å²) in [6.07, 6.45) is -1.01. The average molecular weight is 779 g/mol. The quantitative estimate of drug-likeness (QED) is 0.104. The number of benzene rings is 3. The summed E-state index contributed by atoms with van der Waals surface area (Å²) < 4.78 is 22.5. The zero-order valence-electron chi connectivity index (χ0n) is 31.9. The number of hydrogen-bond donors (Lipinski definition) is 3. The summed E-state index contributed by atoms with van der Waals surface area (Å²) >= 11 is 1.47. The number of methoxy groups -OCH3 is 1. The van der Waals surface area contributed by atoms with E-state index in [2.05, 4.69) is 15.5 Å². The second-order valence-corrected chi connectivity index (χ2v) is 14.4. The largest absolute Gasteiger partial charge is 0.497 e. The van der Waals surface area contributed by atoms with Crippen molar-refractivity contribution in [2.75, 3.05) is 19.1 Å². The number of nitrogens with one attached hydrogen (secondary N) is 1. The topological polar surface area (TPSA) is 214 Å². The Labute approximate surface area is 325 Å². The molecule has 0 aliphatic carbocycles. The van der Waals surface area contributed by atoms with Crippen LogP contribution in [0.5, 0.6) is 5.75 Å². The molecule has 0 heterocycles. The van der Waals surface area contributed by atoms with Crippen molar-refractivity contribution in [1.29, 1.82) is 0 Å². The predicted octanol–water partition coefficient (Wildman–Crippen LogP) is 5.33. The van der Waals surface area contributed by atoms with Crippen molar-refractivity contribution >= 4 is 52.9 Å². The van der Waals surface area contributed by atoms with Gasteiger partial charge in [-0.3, -0.25) is 14.4 Å². The molecule has 296 valence electrons. The molecule has 0 aliphatic rings. The first kappa shape index (κ1) is 44.1. The SMILES string of the molecule is COc1ccc(N=Nc2ccc(COC(=O)[C@H]([C@@H](C)OCc3ccccc3)N(C(=O)OC(C)(C)C)C(=O)[C@H](CC(N)=O)NC(=O)[C@@H](N)CCSC)cc2)cc1. The van der Waals surface area contributed by atoms with E-state index in [0.717, 1.165) is 5.56 Å². The third kappa shape index (κ3) is 14.8. The molecule has 0 spiro atoms. The van der Waals surface area contributed by atoms with Crippen molar-refractivity contribution in [2.45, 2.75) is 83.6 Å². The van der Waals surface area contributed by atoms with Crippen LogP contribution in [0, 0.1) is 0 Å². The van der Waals surface area contributed by atoms with Crippen molar-refractivity contribution in [2.24, 2.45) is 21.7 Å². The fourth-order valence-corrected chi connectivity index (χ4v) is 5.43. The summed E-state index contributed by atoms with van der Waals surface area (Å²) in [6, 6.07) is 18.3. The number of azo groups is 1. The van der Waals surface area contributed by atoms with Gasteiger partial charge in [-0.15, -0.1) is 0 Å². The highest BCUT2D eigenvalue weighted by atomic mass is 32.2. The predicted molar refractivity (Wildman–Crippen MR) is 208 cm³/mol. The standard InChI is InChI=1S/C39H50N6O9S/c1-25(52-23-26-10-8-7-9-11-26)34(37(49)53-24-27-12-14-28(15-13-27)43-44-29-16-18-30(51-5)19-17-29)45(38(50)54-39(2,3)4)36(48)32(22-33(41)46)42-35(47)31(40)20-21-55-6/h7-19,25,31-32,34H,20-24,40H2,1-6H3,(H2,41,46)(H,42,47)/t25-,31+,32+,34+/m1/s1. The molecule has 16 heteroatoms. The first-order valence-corrected chi connectivity index (χ1v) is 18.9. The molecule has 5 N–H and O–H groups in total. The van der Waals surface area contributed by atoms with Gasteiger partial charge in [-0.05, 0) is 93.6 Å². The van der Waals surface area contributed by atoms with Crippen LogP contribution in [0.3, 0.4) is 0 Å². The van der Waals surface area contributed by atoms with E-state index in [1.807, 2.05) is 12.3 Å². The van der Waals surface area contributed by atoms with Crippen molar-refractivity contribution in [1.82, 2.24) is 10.2 Å². The van der Waals surface area contributed by atoms with Crippen LogP contribution in [0.15, 0.2) is 89.1 Å². The Balaban J connectivity index is 1.94. The molecule has 3 aromatic carbocycles. The molecule has 0 fully saturated rings. The van der Waals surface area contributed by atoms with E-state index in [-0.39, 0.29) is 19.6 Å². The molecule has 3 rings (SSSR count). The van der Waals surface area contributed by atoms with E-state index in [9.17, 15) is 24.0 Å². The fourth-order valence-electron chi connectivity index (χ4n) is 4.94. The molecule has 4 atom stereocenters. The zero-order valence-corrected chi connectivity index (χ0v) is 32.7. The van der Waals surface area contributed by atoms with Crippen molar-refractivity contribution < 1.29 is 42.9 Å². The number of rotatable bonds is 19. The summed E-state index contributed by atoms with van der Waals surface area (Å²) in [6.45, 7) is 5.94. The minimum atomic E-state index is -1.75. The first-order valence-electron chi connectivity index (χ1n) is 17.5. The Morgan fingerprint density at radius 2 is 1.45 bits per heavy atom. The van der Waals surface area contributed by atoms with Gasteiger partial charge in [0.1, 0.15) is 24.0 Å². The third-order valence-corrected chi connectivity index (χ3v) is 8.45. The Kier molecular flexibility index (Phi) is 17.3. The molecule has 0 unspecified atom stereocenters. The Morgan fingerprint density at radius 1 is 0.873 bits per heavy atom. The van der Waals surface area contributed by atoms with Crippen LogP contribution in [0.2, 0.25) is 0 Å². The number of hydrogen-bond acceptors (Lipinski definition) is 13. The van der Waals surface area contributed by atoms with Crippen molar-refractivity contribution in [3.8, 4) is 5.75 Å². The third-order valence-electron chi connectivity index (χ3n) is 7.81. The molecule has 0 radical (unpaired) electrons. The van der Waals surface area contributed by atoms with Gasteiger partial charge in [-0.25, -0.2) is 14.5 Å². The highest BCUT2D eigenvalue weighted by molar-refractivity contribution is 7.98. The van der Waals surface area contributed by atoms with Crippen LogP contribution < -0.4 is 21.5 Å². The molecule has 4 amide bonds. The van der Waals surface area contributed by atoms with Crippen LogP contribution in [0.25, 0.3) is 0 Å². The fraction of sp³-hybridized carbons (Fsp3) is 0.410. The molecule has 0 saturated carbocycles. The number of ether oxygens (including phenoxy) is 4. The maximum absolute atomic E-state index is 14.4. The van der Waals surface area contributed by atoms with Crippen LogP contribution in [0.4, 0.5) is 16.2 Å². The van der Waals surface area contributed by atoms with Gasteiger partial charge in [-0.1, -0.05) is 42.5 Å². The highest BCUT2D eigenvalue weighted by Gasteiger charge is 2.45. The number of nitrogens with two attached hydrogens (primary N) is 2. The summed E-state index contributed by atoms with van der Waals surface area (Å²) in [7, 11) is 1.57. The number of thioether (sulfide) groups is 1. The van der Waals surface area contributed by atoms with Gasteiger partial charge in [-0.2, -0.15) is 22.0 Å². The summed E-state index contributed by atoms with van der Waals surface area (Å²) in [4.78, 5) is 68.2. The number of esters is 1. The Bertz CT molecular complexity index is 1750. The smallest absolute Gasteiger partial charge is 0.418 e. The normalized spacial score (nSPS) is 13.6. The van der Waals surface area contributed by atoms with Crippen LogP contribution >= 0.6 is 11.8 Å². The van der Waals surface area contributed by atoms with E-state index in [0.29, 0.717) is 33.3 Å². The molecular formula is C39H50N6O9S. The lowest BCUT2D eigenvalue weighted by Crippen LogP contribution is -2.61. The first-order chi connectivity index (χ1) is 26.1. The Hall–Kier alpha value is -5.32. The molecule has 55 heavy (non-hydrogen) atoms. The highest BCUT2D eigenvalue weighted by Crippen LogP contribution is 2.23. The van der Waals surface area contributed by atoms with E-state index < -0.39 is 66.0 Å². The van der Waals surface area contributed by atoms with Crippen LogP contribution in [-0.2, 0) is 46.6 Å². The van der Waals surface area contributed by atoms with E-state index >= 15 is 0 Å². The molecule has 0 aliphatic heterocycles. The van der Waals surface area contributed by atoms with Gasteiger partial charge < -0.3 is 35.7 Å². The van der Waals surface area contributed by atoms with Gasteiger partial charge >= 0.3 is 12.1 Å². The second-order valence-electron chi connectivity index (χ2n) is 13.4. The van der Waals surface area contributed by atoms with Crippen LogP contribution in [0.1, 0.15) is 51.7 Å². The summed E-state index contributed by atoms with van der Waals surface area (Å²) in [5.74, 6) is -2.65. The Morgan fingerprint density at radius 3 is 2.00 bits per heavy atom. The lowest BCUT2D eigenvalue weighted by molar-refractivity contribution is -0.163. The van der Waals surface area contributed by atoms with Gasteiger partial charge in [0, 0.05) is 0 Å². The maximum atomic E-state index is 14.4. The van der Waals surface area contributed by atoms with Gasteiger partial charge in [0.2, 0.25) is 11.8 Å². The molecule has 0 bridgehead atoms. The van der Waals surface area contributed by atoms with Crippen LogP contribution in [-0.4, -0.2) is 83.6 Å². The number of amides is 4. The maximum Gasteiger partial charge on any atom is 0.418 e. The van der Waals surface area contributed by atoms with Gasteiger partial charge in [0.15, 0.2) is 6.04 Å². The van der Waals surface area contributed by atoms with Gasteiger partial charge in [0.25, 0.3) is 5.91 Å². The monoisotopic (exact) mass is 778 g/mol. The summed E-state index contributed by atoms with van der Waals surface area (Å²) in [5.41, 5.74) is 12.9. The minimum Gasteiger partial charge on any atom is -0.497 e. The molecule has 0 aromatic heterocycles. The molecular weight excluding hydrogens is 729 g/mol. The number of primary amides is 1. The molecule has 0 saturated heterocycles. The zero-order chi connectivity index (χ0) is 40.5. The number of imide groups is 1. The molecule has 15 nitrogen and oxygen atoms in total. The average Bonchev–Trinajstić information content (AvgIpc) is 3.15. The minimum absolute atomic E-state index is 0.000418. The lowest BCUT2D eigenvalue weighted by atomic mass is 10.1. The van der Waals surface area contributed by atoms with E-state index in [1.165, 1.54) is 18.7 Å². The van der Waals surface area contributed by atoms with E-state index in [1.54, 1.807) is 101 Å². The lowest BCUT2D eigenvalue weighted by Gasteiger charge is -2.35. The van der Waals surface area contributed by atoms with Crippen molar-refractivity contribution in [3.05, 3.63) is 90.0 Å². The van der Waals surface area contributed by atoms with Crippen molar-refractivity contribution in [3.63, 3.8) is 0 Å². The molecule has 3 aromatic rings.